The zero-order valence-corrected chi connectivity index (χ0v) is 17.9. The van der Waals surface area contributed by atoms with E-state index in [4.69, 9.17) is 0 Å². The molecule has 0 spiro atoms. The number of benzene rings is 2. The fourth-order valence-corrected chi connectivity index (χ4v) is 4.06. The molecule has 2 aromatic carbocycles. The van der Waals surface area contributed by atoms with Gasteiger partial charge in [-0.25, -0.2) is 0 Å². The molecule has 0 bridgehead atoms. The number of carbonyl (C=O) groups is 1. The van der Waals surface area contributed by atoms with Gasteiger partial charge in [0.15, 0.2) is 0 Å². The smallest absolute Gasteiger partial charge is 0.280 e. The highest BCUT2D eigenvalue weighted by Gasteiger charge is 2.31. The molecule has 0 saturated carbocycles. The van der Waals surface area contributed by atoms with Crippen molar-refractivity contribution in [1.29, 1.82) is 0 Å². The van der Waals surface area contributed by atoms with Crippen LogP contribution in [0, 0.1) is 6.92 Å². The lowest BCUT2D eigenvalue weighted by atomic mass is 9.87. The lowest BCUT2D eigenvalue weighted by Crippen LogP contribution is -2.42. The second kappa shape index (κ2) is 6.73. The molecule has 0 atom stereocenters. The van der Waals surface area contributed by atoms with E-state index >= 15 is 0 Å². The summed E-state index contributed by atoms with van der Waals surface area (Å²) in [4.78, 5) is 15.4. The quantitative estimate of drug-likeness (QED) is 0.646. The predicted octanol–water partition coefficient (Wildman–Crippen LogP) is 5.43. The Bertz CT molecular complexity index is 1090. The van der Waals surface area contributed by atoms with Crippen LogP contribution in [0.4, 0.5) is 11.4 Å². The van der Waals surface area contributed by atoms with Crippen LogP contribution >= 0.6 is 0 Å². The molecule has 0 N–H and O–H groups in total. The zero-order valence-electron chi connectivity index (χ0n) is 17.9. The van der Waals surface area contributed by atoms with Gasteiger partial charge in [0.05, 0.1) is 22.5 Å². The summed E-state index contributed by atoms with van der Waals surface area (Å²) in [7, 11) is 2.13. The summed E-state index contributed by atoms with van der Waals surface area (Å²) < 4.78 is 0. The van der Waals surface area contributed by atoms with E-state index in [0.717, 1.165) is 22.5 Å². The largest absolute Gasteiger partial charge is 0.365 e. The molecular weight excluding hydrogens is 358 g/mol. The van der Waals surface area contributed by atoms with Crippen molar-refractivity contribution in [2.24, 2.45) is 5.10 Å². The molecular formula is C25H27N3O. The van der Waals surface area contributed by atoms with Crippen molar-refractivity contribution in [3.63, 3.8) is 0 Å². The van der Waals surface area contributed by atoms with Crippen LogP contribution in [-0.4, -0.2) is 24.2 Å². The van der Waals surface area contributed by atoms with Crippen LogP contribution in [0.3, 0.4) is 0 Å². The van der Waals surface area contributed by atoms with Gasteiger partial charge in [0.1, 0.15) is 0 Å². The lowest BCUT2D eigenvalue weighted by Gasteiger charge is -2.41. The van der Waals surface area contributed by atoms with Crippen molar-refractivity contribution in [2.45, 2.75) is 40.2 Å². The van der Waals surface area contributed by atoms with Gasteiger partial charge in [-0.1, -0.05) is 24.3 Å². The van der Waals surface area contributed by atoms with Gasteiger partial charge in [0, 0.05) is 18.3 Å². The number of aryl methyl sites for hydroxylation is 1. The standard InChI is InChI=1S/C25H27N3O/c1-16-12-23-21(17(2)15-25(4,5)27(23)6)13-19(16)14-22-18(3)26-28(24(22)29)20-10-8-7-9-11-20/h7-15H,1-6H3/b22-14-. The Labute approximate surface area is 172 Å². The minimum atomic E-state index is -0.0867. The summed E-state index contributed by atoms with van der Waals surface area (Å²) in [6.45, 7) is 10.6. The molecule has 0 aromatic heterocycles. The molecule has 2 heterocycles. The maximum atomic E-state index is 13.0. The maximum Gasteiger partial charge on any atom is 0.280 e. The van der Waals surface area contributed by atoms with Crippen molar-refractivity contribution < 1.29 is 4.79 Å². The first-order valence-electron chi connectivity index (χ1n) is 9.94. The monoisotopic (exact) mass is 385 g/mol. The van der Waals surface area contributed by atoms with E-state index in [1.165, 1.54) is 21.8 Å². The van der Waals surface area contributed by atoms with E-state index in [2.05, 4.69) is 63.0 Å². The number of amides is 1. The van der Waals surface area contributed by atoms with Crippen LogP contribution in [0.15, 0.2) is 59.2 Å². The number of hydrogen-bond acceptors (Lipinski definition) is 3. The number of hydrazone groups is 1. The summed E-state index contributed by atoms with van der Waals surface area (Å²) in [5.41, 5.74) is 8.04. The summed E-state index contributed by atoms with van der Waals surface area (Å²) >= 11 is 0. The van der Waals surface area contributed by atoms with Gasteiger partial charge in [0.2, 0.25) is 0 Å². The first kappa shape index (κ1) is 19.2. The minimum absolute atomic E-state index is 0.0235. The summed E-state index contributed by atoms with van der Waals surface area (Å²) in [5, 5.41) is 5.98. The second-order valence-corrected chi connectivity index (χ2v) is 8.46. The molecule has 0 radical (unpaired) electrons. The third-order valence-corrected chi connectivity index (χ3v) is 5.97. The summed E-state index contributed by atoms with van der Waals surface area (Å²) in [6.07, 6.45) is 4.28. The number of hydrogen-bond donors (Lipinski definition) is 0. The van der Waals surface area contributed by atoms with E-state index < -0.39 is 0 Å². The third-order valence-electron chi connectivity index (χ3n) is 5.97. The van der Waals surface area contributed by atoms with Crippen LogP contribution < -0.4 is 9.91 Å². The maximum absolute atomic E-state index is 13.0. The van der Waals surface area contributed by atoms with Gasteiger partial charge in [-0.05, 0) is 81.7 Å². The van der Waals surface area contributed by atoms with Crippen molar-refractivity contribution in [3.05, 3.63) is 70.8 Å². The van der Waals surface area contributed by atoms with Crippen LogP contribution in [-0.2, 0) is 4.79 Å². The minimum Gasteiger partial charge on any atom is -0.365 e. The van der Waals surface area contributed by atoms with E-state index in [1.54, 1.807) is 0 Å². The first-order chi connectivity index (χ1) is 13.7. The molecule has 0 aliphatic carbocycles. The molecule has 4 rings (SSSR count). The molecule has 2 aliphatic rings. The molecule has 2 aromatic rings. The van der Waals surface area contributed by atoms with Gasteiger partial charge in [-0.15, -0.1) is 0 Å². The Morgan fingerprint density at radius 2 is 1.72 bits per heavy atom. The normalized spacial score (nSPS) is 19.4. The lowest BCUT2D eigenvalue weighted by molar-refractivity contribution is -0.114. The van der Waals surface area contributed by atoms with Gasteiger partial charge in [-0.2, -0.15) is 10.1 Å². The molecule has 2 aliphatic heterocycles. The van der Waals surface area contributed by atoms with Crippen molar-refractivity contribution in [2.75, 3.05) is 17.0 Å². The molecule has 29 heavy (non-hydrogen) atoms. The van der Waals surface area contributed by atoms with Gasteiger partial charge in [-0.3, -0.25) is 4.79 Å². The highest BCUT2D eigenvalue weighted by molar-refractivity contribution is 6.32. The Morgan fingerprint density at radius 1 is 1.03 bits per heavy atom. The van der Waals surface area contributed by atoms with Crippen LogP contribution in [0.1, 0.15) is 44.4 Å². The number of allylic oxidation sites excluding steroid dienone is 1. The average molecular weight is 386 g/mol. The van der Waals surface area contributed by atoms with Crippen LogP contribution in [0.5, 0.6) is 0 Å². The predicted molar refractivity (Wildman–Crippen MR) is 122 cm³/mol. The Kier molecular flexibility index (Phi) is 4.45. The van der Waals surface area contributed by atoms with E-state index in [-0.39, 0.29) is 11.4 Å². The molecule has 4 heteroatoms. The summed E-state index contributed by atoms with van der Waals surface area (Å²) in [5.74, 6) is -0.0867. The van der Waals surface area contributed by atoms with Gasteiger partial charge in [0.25, 0.3) is 5.91 Å². The number of likely N-dealkylation sites (N-methyl/N-ethyl adjacent to an activating group) is 1. The average Bonchev–Trinajstić information content (AvgIpc) is 2.96. The van der Waals surface area contributed by atoms with Crippen molar-refractivity contribution >= 4 is 34.6 Å². The summed E-state index contributed by atoms with van der Waals surface area (Å²) in [6, 6.07) is 14.0. The second-order valence-electron chi connectivity index (χ2n) is 8.46. The number of carbonyl (C=O) groups excluding carboxylic acids is 1. The van der Waals surface area contributed by atoms with Gasteiger partial charge < -0.3 is 4.90 Å². The molecule has 0 unspecified atom stereocenters. The number of anilines is 2. The number of rotatable bonds is 2. The Hall–Kier alpha value is -3.14. The highest BCUT2D eigenvalue weighted by Crippen LogP contribution is 2.39. The fraction of sp³-hybridized carbons (Fsp3) is 0.280. The van der Waals surface area contributed by atoms with Crippen molar-refractivity contribution in [1.82, 2.24) is 0 Å². The van der Waals surface area contributed by atoms with E-state index in [0.29, 0.717) is 5.57 Å². The number of fused-ring (bicyclic) bond motifs is 1. The van der Waals surface area contributed by atoms with Crippen LogP contribution in [0.2, 0.25) is 0 Å². The fourth-order valence-electron chi connectivity index (χ4n) is 4.06. The number of nitrogens with zero attached hydrogens (tertiary/aromatic N) is 3. The van der Waals surface area contributed by atoms with Crippen molar-refractivity contribution in [3.8, 4) is 0 Å². The Balaban J connectivity index is 1.76. The molecule has 148 valence electrons. The van der Waals surface area contributed by atoms with Crippen LogP contribution in [0.25, 0.3) is 11.6 Å². The number of para-hydroxylation sites is 1. The third kappa shape index (κ3) is 3.19. The zero-order chi connectivity index (χ0) is 20.9. The molecule has 0 saturated heterocycles. The molecule has 4 nitrogen and oxygen atoms in total. The molecule has 1 amide bonds. The first-order valence-corrected chi connectivity index (χ1v) is 9.94. The molecule has 0 fully saturated rings. The van der Waals surface area contributed by atoms with E-state index in [9.17, 15) is 4.79 Å². The van der Waals surface area contributed by atoms with Gasteiger partial charge >= 0.3 is 0 Å². The Morgan fingerprint density at radius 3 is 2.41 bits per heavy atom. The van der Waals surface area contributed by atoms with E-state index in [1.807, 2.05) is 43.3 Å². The highest BCUT2D eigenvalue weighted by atomic mass is 16.2. The topological polar surface area (TPSA) is 35.9 Å². The SMILES string of the molecule is CC1=CC(C)(C)N(C)c2cc(C)c(/C=C3\C(=O)N(c4ccccc4)N=C3C)cc21.